The van der Waals surface area contributed by atoms with Crippen LogP contribution in [0.5, 0.6) is 0 Å². The van der Waals surface area contributed by atoms with E-state index in [1.807, 2.05) is 0 Å². The third kappa shape index (κ3) is 1.17. The Morgan fingerprint density at radius 2 is 2.33 bits per heavy atom. The van der Waals surface area contributed by atoms with E-state index in [4.69, 9.17) is 5.73 Å². The number of rotatable bonds is 1. The first-order valence-corrected chi connectivity index (χ1v) is 4.21. The molecule has 1 aliphatic rings. The number of hydrazine groups is 1. The molecular weight excluding hydrogens is 150 g/mol. The zero-order chi connectivity index (χ0) is 8.39. The molecule has 1 heterocycles. The number of para-hydroxylation sites is 1. The Labute approximate surface area is 71.9 Å². The van der Waals surface area contributed by atoms with Crippen LogP contribution in [-0.2, 0) is 13.0 Å². The Kier molecular flexibility index (Phi) is 1.98. The Bertz CT molecular complexity index is 269. The second kappa shape index (κ2) is 3.13. The Morgan fingerprint density at radius 1 is 1.42 bits per heavy atom. The molecule has 0 unspecified atom stereocenters. The van der Waals surface area contributed by atoms with Crippen LogP contribution in [0.15, 0.2) is 18.2 Å². The highest BCUT2D eigenvalue weighted by Gasteiger charge is 2.09. The van der Waals surface area contributed by atoms with Gasteiger partial charge in [0.25, 0.3) is 0 Å². The molecule has 0 saturated carbocycles. The van der Waals surface area contributed by atoms with Crippen LogP contribution in [0.3, 0.4) is 0 Å². The van der Waals surface area contributed by atoms with Gasteiger partial charge < -0.3 is 11.2 Å². The van der Waals surface area contributed by atoms with Gasteiger partial charge in [0.1, 0.15) is 0 Å². The third-order valence-electron chi connectivity index (χ3n) is 2.19. The fourth-order valence-electron chi connectivity index (χ4n) is 1.54. The van der Waals surface area contributed by atoms with Gasteiger partial charge >= 0.3 is 0 Å². The largest absolute Gasteiger partial charge is 0.326 e. The SMILES string of the molecule is NCc1cccc2c1NNCC2. The molecule has 1 aromatic carbocycles. The molecule has 0 radical (unpaired) electrons. The number of hydrogen-bond donors (Lipinski definition) is 3. The predicted molar refractivity (Wildman–Crippen MR) is 49.7 cm³/mol. The van der Waals surface area contributed by atoms with E-state index in [0.717, 1.165) is 13.0 Å². The molecule has 0 bridgehead atoms. The summed E-state index contributed by atoms with van der Waals surface area (Å²) in [6, 6.07) is 6.26. The van der Waals surface area contributed by atoms with Gasteiger partial charge in [-0.05, 0) is 17.5 Å². The number of benzene rings is 1. The lowest BCUT2D eigenvalue weighted by Gasteiger charge is -2.21. The highest BCUT2D eigenvalue weighted by Crippen LogP contribution is 2.22. The lowest BCUT2D eigenvalue weighted by Crippen LogP contribution is -2.30. The van der Waals surface area contributed by atoms with Gasteiger partial charge in [0.2, 0.25) is 0 Å². The van der Waals surface area contributed by atoms with Gasteiger partial charge in [0, 0.05) is 13.1 Å². The first-order valence-electron chi connectivity index (χ1n) is 4.21. The van der Waals surface area contributed by atoms with E-state index in [2.05, 4.69) is 29.1 Å². The van der Waals surface area contributed by atoms with Gasteiger partial charge in [-0.25, -0.2) is 5.43 Å². The quantitative estimate of drug-likeness (QED) is 0.568. The zero-order valence-electron chi connectivity index (χ0n) is 6.93. The van der Waals surface area contributed by atoms with Crippen LogP contribution in [0.4, 0.5) is 5.69 Å². The molecule has 64 valence electrons. The van der Waals surface area contributed by atoms with Crippen molar-refractivity contribution in [3.8, 4) is 0 Å². The normalized spacial score (nSPS) is 15.1. The zero-order valence-corrected chi connectivity index (χ0v) is 6.93. The van der Waals surface area contributed by atoms with Crippen LogP contribution in [0.2, 0.25) is 0 Å². The molecule has 1 aromatic rings. The fourth-order valence-corrected chi connectivity index (χ4v) is 1.54. The average molecular weight is 163 g/mol. The highest BCUT2D eigenvalue weighted by atomic mass is 15.4. The topological polar surface area (TPSA) is 50.1 Å². The summed E-state index contributed by atoms with van der Waals surface area (Å²) >= 11 is 0. The third-order valence-corrected chi connectivity index (χ3v) is 2.19. The van der Waals surface area contributed by atoms with Gasteiger partial charge in [-0.1, -0.05) is 18.2 Å². The monoisotopic (exact) mass is 163 g/mol. The first kappa shape index (κ1) is 7.58. The van der Waals surface area contributed by atoms with Crippen LogP contribution in [-0.4, -0.2) is 6.54 Å². The molecule has 0 saturated heterocycles. The molecule has 0 aliphatic carbocycles. The average Bonchev–Trinajstić information content (AvgIpc) is 2.17. The molecule has 0 amide bonds. The van der Waals surface area contributed by atoms with Gasteiger partial charge in [-0.2, -0.15) is 0 Å². The minimum atomic E-state index is 0.595. The van der Waals surface area contributed by atoms with Crippen molar-refractivity contribution >= 4 is 5.69 Å². The lowest BCUT2D eigenvalue weighted by atomic mass is 10.0. The summed E-state index contributed by atoms with van der Waals surface area (Å²) in [4.78, 5) is 0. The van der Waals surface area contributed by atoms with E-state index in [-0.39, 0.29) is 0 Å². The minimum absolute atomic E-state index is 0.595. The molecule has 0 aromatic heterocycles. The Hall–Kier alpha value is -1.06. The molecule has 3 nitrogen and oxygen atoms in total. The van der Waals surface area contributed by atoms with Crippen LogP contribution in [0.25, 0.3) is 0 Å². The fraction of sp³-hybridized carbons (Fsp3) is 0.333. The Balaban J connectivity index is 2.44. The van der Waals surface area contributed by atoms with Crippen molar-refractivity contribution in [2.75, 3.05) is 12.0 Å². The van der Waals surface area contributed by atoms with E-state index < -0.39 is 0 Å². The van der Waals surface area contributed by atoms with E-state index in [0.29, 0.717) is 6.54 Å². The number of nitrogens with one attached hydrogen (secondary N) is 2. The molecule has 12 heavy (non-hydrogen) atoms. The lowest BCUT2D eigenvalue weighted by molar-refractivity contribution is 0.742. The van der Waals surface area contributed by atoms with E-state index >= 15 is 0 Å². The van der Waals surface area contributed by atoms with Gasteiger partial charge in [-0.3, -0.25) is 0 Å². The van der Waals surface area contributed by atoms with Crippen molar-refractivity contribution in [2.45, 2.75) is 13.0 Å². The van der Waals surface area contributed by atoms with Crippen molar-refractivity contribution in [1.29, 1.82) is 0 Å². The van der Waals surface area contributed by atoms with Crippen LogP contribution in [0.1, 0.15) is 11.1 Å². The van der Waals surface area contributed by atoms with Gasteiger partial charge in [-0.15, -0.1) is 0 Å². The summed E-state index contributed by atoms with van der Waals surface area (Å²) in [5, 5.41) is 0. The second-order valence-corrected chi connectivity index (χ2v) is 2.96. The smallest absolute Gasteiger partial charge is 0.0564 e. The number of anilines is 1. The van der Waals surface area contributed by atoms with Crippen LogP contribution < -0.4 is 16.6 Å². The minimum Gasteiger partial charge on any atom is -0.326 e. The number of fused-ring (bicyclic) bond motifs is 1. The summed E-state index contributed by atoms with van der Waals surface area (Å²) < 4.78 is 0. The number of nitrogens with two attached hydrogens (primary N) is 1. The van der Waals surface area contributed by atoms with Gasteiger partial charge in [0.05, 0.1) is 5.69 Å². The summed E-state index contributed by atoms with van der Waals surface area (Å²) in [5.41, 5.74) is 15.6. The molecule has 1 aliphatic heterocycles. The predicted octanol–water partition coefficient (Wildman–Crippen LogP) is 0.618. The van der Waals surface area contributed by atoms with Crippen molar-refractivity contribution in [1.82, 2.24) is 5.43 Å². The maximum atomic E-state index is 5.61. The maximum Gasteiger partial charge on any atom is 0.0564 e. The van der Waals surface area contributed by atoms with Crippen LogP contribution >= 0.6 is 0 Å². The van der Waals surface area contributed by atoms with E-state index in [9.17, 15) is 0 Å². The molecule has 4 N–H and O–H groups in total. The van der Waals surface area contributed by atoms with Crippen molar-refractivity contribution in [3.05, 3.63) is 29.3 Å². The summed E-state index contributed by atoms with van der Waals surface area (Å²) in [6.45, 7) is 1.58. The van der Waals surface area contributed by atoms with E-state index in [1.165, 1.54) is 16.8 Å². The standard InChI is InChI=1S/C9H13N3/c10-6-8-3-1-2-7-4-5-11-12-9(7)8/h1-3,11-12H,4-6,10H2. The molecule has 2 rings (SSSR count). The van der Waals surface area contributed by atoms with E-state index in [1.54, 1.807) is 0 Å². The second-order valence-electron chi connectivity index (χ2n) is 2.96. The summed E-state index contributed by atoms with van der Waals surface area (Å²) in [5.74, 6) is 0. The molecule has 3 heteroatoms. The first-order chi connectivity index (χ1) is 5.92. The Morgan fingerprint density at radius 3 is 3.17 bits per heavy atom. The maximum absolute atomic E-state index is 5.61. The summed E-state index contributed by atoms with van der Waals surface area (Å²) in [6.07, 6.45) is 1.08. The van der Waals surface area contributed by atoms with Crippen LogP contribution in [0, 0.1) is 0 Å². The molecular formula is C9H13N3. The summed E-state index contributed by atoms with van der Waals surface area (Å²) in [7, 11) is 0. The molecule has 0 atom stereocenters. The van der Waals surface area contributed by atoms with Crippen molar-refractivity contribution in [3.63, 3.8) is 0 Å². The highest BCUT2D eigenvalue weighted by molar-refractivity contribution is 5.58. The molecule has 0 spiro atoms. The van der Waals surface area contributed by atoms with Gasteiger partial charge in [0.15, 0.2) is 0 Å². The molecule has 0 fully saturated rings. The number of hydrogen-bond acceptors (Lipinski definition) is 3. The van der Waals surface area contributed by atoms with Crippen molar-refractivity contribution in [2.24, 2.45) is 5.73 Å². The van der Waals surface area contributed by atoms with Crippen molar-refractivity contribution < 1.29 is 0 Å².